The van der Waals surface area contributed by atoms with Crippen LogP contribution in [0.15, 0.2) is 0 Å². The average Bonchev–Trinajstić information content (AvgIpc) is 1.98. The van der Waals surface area contributed by atoms with Crippen LogP contribution in [0.25, 0.3) is 0 Å². The molecular weight excluding hydrogens is 126 g/mol. The van der Waals surface area contributed by atoms with E-state index in [-0.39, 0.29) is 0 Å². The SMILES string of the molecule is Cc1nnn(Cl)c1C. The van der Waals surface area contributed by atoms with E-state index < -0.39 is 0 Å². The van der Waals surface area contributed by atoms with Crippen LogP contribution in [0, 0.1) is 13.8 Å². The highest BCUT2D eigenvalue weighted by Crippen LogP contribution is 2.00. The minimum atomic E-state index is 0.875. The molecule has 0 aliphatic heterocycles. The third-order valence-electron chi connectivity index (χ3n) is 1.07. The Morgan fingerprint density at radius 1 is 1.50 bits per heavy atom. The predicted molar refractivity (Wildman–Crippen MR) is 30.7 cm³/mol. The molecule has 0 unspecified atom stereocenters. The van der Waals surface area contributed by atoms with E-state index in [1.807, 2.05) is 13.8 Å². The standard InChI is InChI=1S/C4H6ClN3/c1-3-4(2)8(5)7-6-3/h1-2H3. The molecule has 8 heavy (non-hydrogen) atoms. The summed E-state index contributed by atoms with van der Waals surface area (Å²) in [5.41, 5.74) is 1.77. The predicted octanol–water partition coefficient (Wildman–Crippen LogP) is 0.897. The maximum absolute atomic E-state index is 5.47. The number of hydrogen-bond acceptors (Lipinski definition) is 2. The first-order chi connectivity index (χ1) is 3.72. The van der Waals surface area contributed by atoms with Gasteiger partial charge in [0.2, 0.25) is 0 Å². The Labute approximate surface area is 52.4 Å². The van der Waals surface area contributed by atoms with Crippen LogP contribution in [-0.2, 0) is 0 Å². The minimum Gasteiger partial charge on any atom is -0.156 e. The van der Waals surface area contributed by atoms with Gasteiger partial charge in [-0.2, -0.15) is 4.20 Å². The third-order valence-corrected chi connectivity index (χ3v) is 1.39. The van der Waals surface area contributed by atoms with Gasteiger partial charge in [0.1, 0.15) is 0 Å². The molecule has 0 amide bonds. The number of halogens is 1. The number of aromatic nitrogens is 3. The minimum absolute atomic E-state index is 0.875. The lowest BCUT2D eigenvalue weighted by Crippen LogP contribution is -1.84. The highest BCUT2D eigenvalue weighted by molar-refractivity contribution is 6.15. The van der Waals surface area contributed by atoms with Gasteiger partial charge >= 0.3 is 0 Å². The van der Waals surface area contributed by atoms with Gasteiger partial charge in [-0.15, -0.1) is 5.10 Å². The van der Waals surface area contributed by atoms with E-state index in [1.165, 1.54) is 4.20 Å². The van der Waals surface area contributed by atoms with Crippen molar-refractivity contribution in [2.45, 2.75) is 13.8 Å². The third kappa shape index (κ3) is 0.690. The fourth-order valence-corrected chi connectivity index (χ4v) is 0.535. The molecule has 0 spiro atoms. The highest BCUT2D eigenvalue weighted by atomic mass is 35.5. The zero-order valence-electron chi connectivity index (χ0n) is 4.72. The van der Waals surface area contributed by atoms with Gasteiger partial charge in [-0.25, -0.2) is 0 Å². The molecule has 0 radical (unpaired) electrons. The van der Waals surface area contributed by atoms with Crippen molar-refractivity contribution in [1.29, 1.82) is 0 Å². The molecule has 3 nitrogen and oxygen atoms in total. The largest absolute Gasteiger partial charge is 0.156 e. The second-order valence-electron chi connectivity index (χ2n) is 1.62. The maximum Gasteiger partial charge on any atom is 0.0841 e. The number of hydrogen-bond donors (Lipinski definition) is 0. The molecule has 0 atom stereocenters. The van der Waals surface area contributed by atoms with Gasteiger partial charge in [-0.05, 0) is 13.8 Å². The average molecular weight is 132 g/mol. The van der Waals surface area contributed by atoms with Gasteiger partial charge in [-0.3, -0.25) is 0 Å². The Morgan fingerprint density at radius 2 is 2.12 bits per heavy atom. The molecule has 0 aliphatic rings. The van der Waals surface area contributed by atoms with E-state index in [0.29, 0.717) is 0 Å². The van der Waals surface area contributed by atoms with E-state index in [4.69, 9.17) is 11.8 Å². The highest BCUT2D eigenvalue weighted by Gasteiger charge is 1.98. The summed E-state index contributed by atoms with van der Waals surface area (Å²) in [6, 6.07) is 0. The van der Waals surface area contributed by atoms with Crippen LogP contribution in [0.3, 0.4) is 0 Å². The quantitative estimate of drug-likeness (QED) is 0.524. The molecule has 0 bridgehead atoms. The van der Waals surface area contributed by atoms with E-state index in [0.717, 1.165) is 11.4 Å². The summed E-state index contributed by atoms with van der Waals surface area (Å²) >= 11 is 5.47. The molecule has 44 valence electrons. The fourth-order valence-electron chi connectivity index (χ4n) is 0.379. The van der Waals surface area contributed by atoms with Crippen molar-refractivity contribution < 1.29 is 0 Å². The van der Waals surface area contributed by atoms with Gasteiger partial charge < -0.3 is 0 Å². The van der Waals surface area contributed by atoms with Crippen molar-refractivity contribution in [2.24, 2.45) is 0 Å². The van der Waals surface area contributed by atoms with Crippen molar-refractivity contribution in [3.05, 3.63) is 11.4 Å². The smallest absolute Gasteiger partial charge is 0.0841 e. The summed E-state index contributed by atoms with van der Waals surface area (Å²) < 4.78 is 1.23. The van der Waals surface area contributed by atoms with Gasteiger partial charge in [-0.1, -0.05) is 5.21 Å². The van der Waals surface area contributed by atoms with Crippen molar-refractivity contribution in [2.75, 3.05) is 0 Å². The lowest BCUT2D eigenvalue weighted by Gasteiger charge is -1.83. The molecule has 0 saturated carbocycles. The molecular formula is C4H6ClN3. The fraction of sp³-hybridized carbons (Fsp3) is 0.500. The van der Waals surface area contributed by atoms with Gasteiger partial charge in [0.25, 0.3) is 0 Å². The summed E-state index contributed by atoms with van der Waals surface area (Å²) in [4.78, 5) is 0. The lowest BCUT2D eigenvalue weighted by atomic mass is 10.4. The first-order valence-corrected chi connectivity index (χ1v) is 2.60. The zero-order valence-corrected chi connectivity index (χ0v) is 5.48. The second kappa shape index (κ2) is 1.74. The number of aryl methyl sites for hydroxylation is 1. The Kier molecular flexibility index (Phi) is 1.21. The van der Waals surface area contributed by atoms with Gasteiger partial charge in [0.05, 0.1) is 11.4 Å². The summed E-state index contributed by atoms with van der Waals surface area (Å²) in [6.45, 7) is 3.73. The van der Waals surface area contributed by atoms with Crippen LogP contribution in [0.2, 0.25) is 0 Å². The van der Waals surface area contributed by atoms with Crippen LogP contribution >= 0.6 is 11.8 Å². The van der Waals surface area contributed by atoms with Gasteiger partial charge in [0.15, 0.2) is 0 Å². The molecule has 1 aromatic rings. The van der Waals surface area contributed by atoms with E-state index in [1.54, 1.807) is 0 Å². The summed E-state index contributed by atoms with van der Waals surface area (Å²) in [5.74, 6) is 0. The summed E-state index contributed by atoms with van der Waals surface area (Å²) in [7, 11) is 0. The first kappa shape index (κ1) is 5.56. The van der Waals surface area contributed by atoms with Crippen LogP contribution < -0.4 is 0 Å². The molecule has 0 fully saturated rings. The van der Waals surface area contributed by atoms with Crippen LogP contribution in [0.5, 0.6) is 0 Å². The topological polar surface area (TPSA) is 30.7 Å². The first-order valence-electron chi connectivity index (χ1n) is 2.27. The Morgan fingerprint density at radius 3 is 2.25 bits per heavy atom. The van der Waals surface area contributed by atoms with Crippen LogP contribution in [-0.4, -0.2) is 14.5 Å². The van der Waals surface area contributed by atoms with Crippen molar-refractivity contribution in [3.63, 3.8) is 0 Å². The molecule has 0 aromatic carbocycles. The van der Waals surface area contributed by atoms with E-state index >= 15 is 0 Å². The summed E-state index contributed by atoms with van der Waals surface area (Å²) in [5, 5.41) is 7.24. The number of rotatable bonds is 0. The van der Waals surface area contributed by atoms with E-state index in [2.05, 4.69) is 10.3 Å². The lowest BCUT2D eigenvalue weighted by molar-refractivity contribution is 0.860. The maximum atomic E-state index is 5.47. The summed E-state index contributed by atoms with van der Waals surface area (Å²) in [6.07, 6.45) is 0. The molecule has 1 heterocycles. The molecule has 0 aliphatic carbocycles. The van der Waals surface area contributed by atoms with Crippen LogP contribution in [0.4, 0.5) is 0 Å². The Hall–Kier alpha value is -0.570. The molecule has 0 N–H and O–H groups in total. The molecule has 1 aromatic heterocycles. The van der Waals surface area contributed by atoms with Crippen molar-refractivity contribution in [3.8, 4) is 0 Å². The Balaban J connectivity index is 3.19. The molecule has 0 saturated heterocycles. The monoisotopic (exact) mass is 131 g/mol. The zero-order chi connectivity index (χ0) is 6.15. The molecule has 1 rings (SSSR count). The van der Waals surface area contributed by atoms with E-state index in [9.17, 15) is 0 Å². The second-order valence-corrected chi connectivity index (χ2v) is 1.94. The van der Waals surface area contributed by atoms with Crippen LogP contribution in [0.1, 0.15) is 11.4 Å². The van der Waals surface area contributed by atoms with Gasteiger partial charge in [0, 0.05) is 11.8 Å². The van der Waals surface area contributed by atoms with Crippen molar-refractivity contribution in [1.82, 2.24) is 14.5 Å². The van der Waals surface area contributed by atoms with Crippen molar-refractivity contribution >= 4 is 11.8 Å². The number of nitrogens with zero attached hydrogens (tertiary/aromatic N) is 3. The molecule has 4 heteroatoms. The normalized spacial score (nSPS) is 9.88. The Bertz CT molecular complexity index is 174.